The van der Waals surface area contributed by atoms with Gasteiger partial charge in [-0.05, 0) is 37.8 Å². The molecule has 0 aromatic heterocycles. The van der Waals surface area contributed by atoms with Crippen LogP contribution < -0.4 is 14.8 Å². The van der Waals surface area contributed by atoms with Crippen molar-refractivity contribution in [2.24, 2.45) is 0 Å². The molecule has 9 nitrogen and oxygen atoms in total. The van der Waals surface area contributed by atoms with E-state index < -0.39 is 23.8 Å². The monoisotopic (exact) mass is 507 g/mol. The van der Waals surface area contributed by atoms with E-state index >= 15 is 0 Å². The van der Waals surface area contributed by atoms with Gasteiger partial charge in [0.15, 0.2) is 5.75 Å². The summed E-state index contributed by atoms with van der Waals surface area (Å²) in [5.41, 5.74) is 3.55. The number of allylic oxidation sites excluding steroid dienone is 2. The Bertz CT molecular complexity index is 1260. The molecule has 194 valence electrons. The number of rotatable bonds is 11. The number of esters is 2. The number of carboxylic acids is 1. The maximum atomic E-state index is 12.7. The van der Waals surface area contributed by atoms with Crippen LogP contribution in [0, 0.1) is 6.92 Å². The number of nitrogens with one attached hydrogen (secondary N) is 1. The van der Waals surface area contributed by atoms with Gasteiger partial charge in [0, 0.05) is 36.2 Å². The van der Waals surface area contributed by atoms with Crippen molar-refractivity contribution in [1.29, 1.82) is 0 Å². The number of aliphatic carboxylic acids is 1. The summed E-state index contributed by atoms with van der Waals surface area (Å²) in [6.07, 6.45) is 4.40. The summed E-state index contributed by atoms with van der Waals surface area (Å²) in [6, 6.07) is 9.31. The van der Waals surface area contributed by atoms with Gasteiger partial charge in [-0.15, -0.1) is 0 Å². The van der Waals surface area contributed by atoms with E-state index in [1.165, 1.54) is 7.11 Å². The topological polar surface area (TPSA) is 128 Å². The van der Waals surface area contributed by atoms with E-state index in [1.54, 1.807) is 19.9 Å². The van der Waals surface area contributed by atoms with Crippen molar-refractivity contribution in [3.63, 3.8) is 0 Å². The van der Waals surface area contributed by atoms with Crippen LogP contribution in [-0.4, -0.2) is 36.0 Å². The Kier molecular flexibility index (Phi) is 9.21. The molecule has 0 saturated heterocycles. The highest BCUT2D eigenvalue weighted by atomic mass is 16.6. The number of amides is 1. The number of hydrogen-bond donors (Lipinski definition) is 2. The molecule has 0 saturated carbocycles. The van der Waals surface area contributed by atoms with Crippen molar-refractivity contribution in [1.82, 2.24) is 5.32 Å². The largest absolute Gasteiger partial charge is 0.496 e. The molecule has 3 rings (SSSR count). The van der Waals surface area contributed by atoms with Crippen LogP contribution in [0.25, 0.3) is 0 Å². The van der Waals surface area contributed by atoms with Gasteiger partial charge in [-0.3, -0.25) is 9.59 Å². The van der Waals surface area contributed by atoms with Crippen LogP contribution >= 0.6 is 0 Å². The fourth-order valence-corrected chi connectivity index (χ4v) is 3.93. The normalized spacial score (nSPS) is 12.7. The van der Waals surface area contributed by atoms with E-state index in [-0.39, 0.29) is 30.8 Å². The van der Waals surface area contributed by atoms with Crippen LogP contribution in [0.5, 0.6) is 11.5 Å². The van der Waals surface area contributed by atoms with Crippen molar-refractivity contribution in [3.8, 4) is 11.5 Å². The summed E-state index contributed by atoms with van der Waals surface area (Å²) in [5.74, 6) is -2.43. The van der Waals surface area contributed by atoms with Crippen molar-refractivity contribution in [2.45, 2.75) is 46.3 Å². The molecule has 0 unspecified atom stereocenters. The third-order valence-corrected chi connectivity index (χ3v) is 5.90. The highest BCUT2D eigenvalue weighted by Gasteiger charge is 2.33. The fourth-order valence-electron chi connectivity index (χ4n) is 3.93. The Hall–Kier alpha value is -4.40. The number of carbonyl (C=O) groups excluding carboxylic acids is 3. The molecule has 2 aromatic rings. The van der Waals surface area contributed by atoms with Gasteiger partial charge >= 0.3 is 17.9 Å². The van der Waals surface area contributed by atoms with E-state index in [0.29, 0.717) is 35.4 Å². The maximum Gasteiger partial charge on any atom is 0.342 e. The van der Waals surface area contributed by atoms with E-state index in [4.69, 9.17) is 19.3 Å². The molecule has 0 fully saturated rings. The van der Waals surface area contributed by atoms with Crippen molar-refractivity contribution < 1.29 is 38.5 Å². The smallest absolute Gasteiger partial charge is 0.342 e. The number of ether oxygens (including phenoxy) is 3. The van der Waals surface area contributed by atoms with Crippen LogP contribution in [0.2, 0.25) is 0 Å². The molecule has 9 heteroatoms. The molecule has 0 spiro atoms. The van der Waals surface area contributed by atoms with Crippen LogP contribution in [-0.2, 0) is 38.7 Å². The summed E-state index contributed by atoms with van der Waals surface area (Å²) >= 11 is 0. The molecular formula is C28H29NO8. The number of carboxylic acid groups (broad SMARTS) is 1. The molecule has 1 aliphatic rings. The van der Waals surface area contributed by atoms with Crippen molar-refractivity contribution in [3.05, 3.63) is 82.0 Å². The SMILES string of the molecule is COc1c(C)c2c(c(OC(=O)C=CC(=O)NCc3ccccc3)c1CC=C(C)CCC(=O)O)C(=O)OC2. The Morgan fingerprint density at radius 2 is 1.84 bits per heavy atom. The first-order valence-electron chi connectivity index (χ1n) is 11.7. The zero-order valence-electron chi connectivity index (χ0n) is 21.0. The average molecular weight is 508 g/mol. The second kappa shape index (κ2) is 12.5. The minimum absolute atomic E-state index is 0.00146. The second-order valence-corrected chi connectivity index (χ2v) is 8.50. The fraction of sp³-hybridized carbons (Fsp3) is 0.286. The van der Waals surface area contributed by atoms with E-state index in [0.717, 1.165) is 23.3 Å². The van der Waals surface area contributed by atoms with Gasteiger partial charge < -0.3 is 24.6 Å². The summed E-state index contributed by atoms with van der Waals surface area (Å²) in [4.78, 5) is 48.3. The Morgan fingerprint density at radius 3 is 2.51 bits per heavy atom. The van der Waals surface area contributed by atoms with E-state index in [1.807, 2.05) is 30.3 Å². The third-order valence-electron chi connectivity index (χ3n) is 5.90. The van der Waals surface area contributed by atoms with E-state index in [2.05, 4.69) is 5.32 Å². The number of fused-ring (bicyclic) bond motifs is 1. The van der Waals surface area contributed by atoms with Crippen LogP contribution in [0.1, 0.15) is 52.4 Å². The zero-order chi connectivity index (χ0) is 26.9. The molecule has 0 radical (unpaired) electrons. The first-order valence-corrected chi connectivity index (χ1v) is 11.7. The second-order valence-electron chi connectivity index (χ2n) is 8.50. The van der Waals surface area contributed by atoms with Gasteiger partial charge in [0.05, 0.1) is 7.11 Å². The molecular weight excluding hydrogens is 478 g/mol. The standard InChI is InChI=1S/C28H29NO8/c1-17(10-13-23(31)32)9-11-20-26(35-3)18(2)21-16-36-28(34)25(21)27(20)37-24(33)14-12-22(30)29-15-19-7-5-4-6-8-19/h4-9,12,14H,10-11,13,15-16H2,1-3H3,(H,29,30)(H,31,32). The first kappa shape index (κ1) is 27.2. The summed E-state index contributed by atoms with van der Waals surface area (Å²) in [6.45, 7) is 3.90. The van der Waals surface area contributed by atoms with Gasteiger partial charge in [-0.2, -0.15) is 0 Å². The van der Waals surface area contributed by atoms with E-state index in [9.17, 15) is 19.2 Å². The lowest BCUT2D eigenvalue weighted by molar-refractivity contribution is -0.137. The number of hydrogen-bond acceptors (Lipinski definition) is 7. The maximum absolute atomic E-state index is 12.7. The molecule has 1 aliphatic heterocycles. The number of methoxy groups -OCH3 is 1. The molecule has 0 atom stereocenters. The van der Waals surface area contributed by atoms with Crippen molar-refractivity contribution >= 4 is 23.8 Å². The summed E-state index contributed by atoms with van der Waals surface area (Å²) < 4.78 is 16.4. The molecule has 1 heterocycles. The molecule has 0 aliphatic carbocycles. The lowest BCUT2D eigenvalue weighted by Gasteiger charge is -2.18. The quantitative estimate of drug-likeness (QED) is 0.203. The van der Waals surface area contributed by atoms with Gasteiger partial charge in [-0.1, -0.05) is 42.0 Å². The molecule has 37 heavy (non-hydrogen) atoms. The molecule has 1 amide bonds. The van der Waals surface area contributed by atoms with Gasteiger partial charge in [0.2, 0.25) is 5.91 Å². The molecule has 2 aromatic carbocycles. The summed E-state index contributed by atoms with van der Waals surface area (Å²) in [7, 11) is 1.47. The van der Waals surface area contributed by atoms with Gasteiger partial charge in [-0.25, -0.2) is 9.59 Å². The minimum atomic E-state index is -0.907. The van der Waals surface area contributed by atoms with Crippen LogP contribution in [0.4, 0.5) is 0 Å². The zero-order valence-corrected chi connectivity index (χ0v) is 21.0. The van der Waals surface area contributed by atoms with Gasteiger partial charge in [0.25, 0.3) is 0 Å². The predicted octanol–water partition coefficient (Wildman–Crippen LogP) is 3.81. The lowest BCUT2D eigenvalue weighted by atomic mass is 9.94. The average Bonchev–Trinajstić information content (AvgIpc) is 3.27. The number of benzene rings is 2. The van der Waals surface area contributed by atoms with Gasteiger partial charge in [0.1, 0.15) is 17.9 Å². The highest BCUT2D eigenvalue weighted by molar-refractivity contribution is 6.00. The summed E-state index contributed by atoms with van der Waals surface area (Å²) in [5, 5.41) is 11.6. The Labute approximate surface area is 214 Å². The first-order chi connectivity index (χ1) is 17.7. The minimum Gasteiger partial charge on any atom is -0.496 e. The number of cyclic esters (lactones) is 1. The van der Waals surface area contributed by atoms with Crippen molar-refractivity contribution in [2.75, 3.05) is 7.11 Å². The van der Waals surface area contributed by atoms with Crippen LogP contribution in [0.15, 0.2) is 54.1 Å². The molecule has 0 bridgehead atoms. The molecule has 2 N–H and O–H groups in total. The van der Waals surface area contributed by atoms with Crippen LogP contribution in [0.3, 0.4) is 0 Å². The Balaban J connectivity index is 1.84. The highest BCUT2D eigenvalue weighted by Crippen LogP contribution is 2.43. The number of carbonyl (C=O) groups is 4. The lowest BCUT2D eigenvalue weighted by Crippen LogP contribution is -2.21. The Morgan fingerprint density at radius 1 is 1.11 bits per heavy atom. The third kappa shape index (κ3) is 7.07. The predicted molar refractivity (Wildman–Crippen MR) is 134 cm³/mol.